The SMILES string of the molecule is CCCCCCOOc1ccc2c(ccc3c(F)c(OCCCCC)ccc32)c1F. The van der Waals surface area contributed by atoms with Gasteiger partial charge >= 0.3 is 0 Å². The third-order valence-electron chi connectivity index (χ3n) is 5.23. The summed E-state index contributed by atoms with van der Waals surface area (Å²) in [7, 11) is 0. The Bertz CT molecular complexity index is 972. The van der Waals surface area contributed by atoms with Gasteiger partial charge in [-0.2, -0.15) is 4.89 Å². The van der Waals surface area contributed by atoms with Crippen LogP contribution in [0, 0.1) is 11.6 Å². The van der Waals surface area contributed by atoms with Crippen molar-refractivity contribution in [3.8, 4) is 11.5 Å². The van der Waals surface area contributed by atoms with E-state index in [1.807, 2.05) is 0 Å². The van der Waals surface area contributed by atoms with Gasteiger partial charge in [0.1, 0.15) is 0 Å². The maximum Gasteiger partial charge on any atom is 0.201 e. The molecule has 0 fully saturated rings. The summed E-state index contributed by atoms with van der Waals surface area (Å²) in [6.07, 6.45) is 7.23. The summed E-state index contributed by atoms with van der Waals surface area (Å²) >= 11 is 0. The number of hydrogen-bond acceptors (Lipinski definition) is 3. The van der Waals surface area contributed by atoms with E-state index in [0.717, 1.165) is 44.9 Å². The molecule has 0 aliphatic heterocycles. The molecule has 0 amide bonds. The van der Waals surface area contributed by atoms with E-state index in [-0.39, 0.29) is 11.5 Å². The van der Waals surface area contributed by atoms with Gasteiger partial charge in [0, 0.05) is 10.8 Å². The van der Waals surface area contributed by atoms with E-state index < -0.39 is 11.6 Å². The first-order valence-electron chi connectivity index (χ1n) is 10.9. The third-order valence-corrected chi connectivity index (χ3v) is 5.23. The maximum atomic E-state index is 14.9. The van der Waals surface area contributed by atoms with Crippen molar-refractivity contribution < 1.29 is 23.3 Å². The predicted octanol–water partition coefficient (Wildman–Crippen LogP) is 7.73. The highest BCUT2D eigenvalue weighted by molar-refractivity contribution is 6.08. The van der Waals surface area contributed by atoms with Crippen molar-refractivity contribution >= 4 is 21.5 Å². The van der Waals surface area contributed by atoms with E-state index in [9.17, 15) is 8.78 Å². The van der Waals surface area contributed by atoms with Crippen LogP contribution in [0.2, 0.25) is 0 Å². The quantitative estimate of drug-likeness (QED) is 0.131. The van der Waals surface area contributed by atoms with Crippen molar-refractivity contribution in [1.29, 1.82) is 0 Å². The van der Waals surface area contributed by atoms with Crippen LogP contribution in [-0.2, 0) is 4.89 Å². The van der Waals surface area contributed by atoms with Gasteiger partial charge in [0.25, 0.3) is 0 Å². The molecule has 0 aromatic heterocycles. The number of benzene rings is 3. The molecule has 0 saturated carbocycles. The van der Waals surface area contributed by atoms with Crippen LogP contribution in [-0.4, -0.2) is 13.2 Å². The van der Waals surface area contributed by atoms with Crippen LogP contribution in [0.15, 0.2) is 36.4 Å². The topological polar surface area (TPSA) is 27.7 Å². The molecule has 0 aliphatic carbocycles. The van der Waals surface area contributed by atoms with Gasteiger partial charge in [-0.05, 0) is 47.9 Å². The minimum atomic E-state index is -0.511. The Morgan fingerprint density at radius 2 is 1.13 bits per heavy atom. The summed E-state index contributed by atoms with van der Waals surface area (Å²) in [5.41, 5.74) is 0. The fourth-order valence-corrected chi connectivity index (χ4v) is 3.51. The Morgan fingerprint density at radius 3 is 1.80 bits per heavy atom. The molecular weight excluding hydrogens is 386 g/mol. The number of hydrogen-bond donors (Lipinski definition) is 0. The maximum absolute atomic E-state index is 14.9. The average molecular weight is 417 g/mol. The second-order valence-corrected chi connectivity index (χ2v) is 7.53. The number of rotatable bonds is 12. The number of fused-ring (bicyclic) bond motifs is 3. The smallest absolute Gasteiger partial charge is 0.201 e. The van der Waals surface area contributed by atoms with Gasteiger partial charge in [0.2, 0.25) is 5.75 Å². The largest absolute Gasteiger partial charge is 0.490 e. The van der Waals surface area contributed by atoms with Crippen molar-refractivity contribution in [2.45, 2.75) is 58.8 Å². The molecule has 3 rings (SSSR count). The predicted molar refractivity (Wildman–Crippen MR) is 117 cm³/mol. The summed E-state index contributed by atoms with van der Waals surface area (Å²) in [6, 6.07) is 9.81. The van der Waals surface area contributed by atoms with Gasteiger partial charge in [-0.1, -0.05) is 58.1 Å². The Kier molecular flexibility index (Phi) is 8.26. The van der Waals surface area contributed by atoms with Crippen LogP contribution in [0.4, 0.5) is 8.78 Å². The van der Waals surface area contributed by atoms with E-state index in [2.05, 4.69) is 13.8 Å². The molecule has 0 bridgehead atoms. The Morgan fingerprint density at radius 1 is 0.600 bits per heavy atom. The number of ether oxygens (including phenoxy) is 1. The van der Waals surface area contributed by atoms with Gasteiger partial charge < -0.3 is 9.62 Å². The molecule has 0 spiro atoms. The van der Waals surface area contributed by atoms with Gasteiger partial charge in [0.05, 0.1) is 13.2 Å². The van der Waals surface area contributed by atoms with E-state index in [4.69, 9.17) is 14.5 Å². The molecule has 3 nitrogen and oxygen atoms in total. The lowest BCUT2D eigenvalue weighted by Crippen LogP contribution is -2.02. The van der Waals surface area contributed by atoms with E-state index >= 15 is 0 Å². The van der Waals surface area contributed by atoms with Crippen LogP contribution in [0.3, 0.4) is 0 Å². The van der Waals surface area contributed by atoms with Crippen molar-refractivity contribution in [3.05, 3.63) is 48.0 Å². The highest BCUT2D eigenvalue weighted by atomic mass is 19.1. The first-order valence-corrected chi connectivity index (χ1v) is 10.9. The molecule has 0 aliphatic rings. The standard InChI is InChI=1S/C25H30F2O3/c1-3-5-7-9-17-29-30-23-15-13-19-18-12-14-22(28-16-8-6-4-2)24(26)20(18)10-11-21(19)25(23)27/h10-15H,3-9,16-17H2,1-2H3. The molecule has 0 saturated heterocycles. The first-order chi connectivity index (χ1) is 14.7. The van der Waals surface area contributed by atoms with Crippen LogP contribution < -0.4 is 9.62 Å². The number of halogens is 2. The second-order valence-electron chi connectivity index (χ2n) is 7.53. The third kappa shape index (κ3) is 5.20. The monoisotopic (exact) mass is 416 g/mol. The minimum Gasteiger partial charge on any atom is -0.490 e. The normalized spacial score (nSPS) is 11.3. The molecule has 0 N–H and O–H groups in total. The Balaban J connectivity index is 1.78. The summed E-state index contributed by atoms with van der Waals surface area (Å²) < 4.78 is 35.4. The zero-order valence-corrected chi connectivity index (χ0v) is 17.8. The molecule has 0 heterocycles. The molecule has 3 aromatic carbocycles. The molecule has 162 valence electrons. The van der Waals surface area contributed by atoms with E-state index in [1.54, 1.807) is 30.3 Å². The van der Waals surface area contributed by atoms with E-state index in [0.29, 0.717) is 34.8 Å². The lowest BCUT2D eigenvalue weighted by Gasteiger charge is -2.12. The lowest BCUT2D eigenvalue weighted by molar-refractivity contribution is -0.209. The van der Waals surface area contributed by atoms with Crippen molar-refractivity contribution in [1.82, 2.24) is 0 Å². The molecule has 0 unspecified atom stereocenters. The molecule has 0 radical (unpaired) electrons. The first kappa shape index (κ1) is 22.3. The van der Waals surface area contributed by atoms with Gasteiger partial charge in [-0.25, -0.2) is 8.78 Å². The van der Waals surface area contributed by atoms with Gasteiger partial charge in [0.15, 0.2) is 17.4 Å². The zero-order valence-electron chi connectivity index (χ0n) is 17.8. The molecule has 0 atom stereocenters. The highest BCUT2D eigenvalue weighted by Gasteiger charge is 2.15. The fourth-order valence-electron chi connectivity index (χ4n) is 3.51. The van der Waals surface area contributed by atoms with Crippen LogP contribution in [0.5, 0.6) is 11.5 Å². The van der Waals surface area contributed by atoms with Crippen LogP contribution in [0.1, 0.15) is 58.8 Å². The summed E-state index contributed by atoms with van der Waals surface area (Å²) in [4.78, 5) is 10.3. The van der Waals surface area contributed by atoms with Crippen LogP contribution >= 0.6 is 0 Å². The zero-order chi connectivity index (χ0) is 21.3. The molecule has 5 heteroatoms. The molecular formula is C25H30F2O3. The lowest BCUT2D eigenvalue weighted by atomic mass is 10.0. The Hall–Kier alpha value is -2.40. The number of unbranched alkanes of at least 4 members (excludes halogenated alkanes) is 5. The highest BCUT2D eigenvalue weighted by Crippen LogP contribution is 2.35. The van der Waals surface area contributed by atoms with Gasteiger partial charge in [-0.15, -0.1) is 0 Å². The second kappa shape index (κ2) is 11.1. The fraction of sp³-hybridized carbons (Fsp3) is 0.440. The van der Waals surface area contributed by atoms with Crippen molar-refractivity contribution in [2.24, 2.45) is 0 Å². The Labute approximate surface area is 176 Å². The molecule has 30 heavy (non-hydrogen) atoms. The summed E-state index contributed by atoms with van der Waals surface area (Å²) in [6.45, 7) is 5.15. The van der Waals surface area contributed by atoms with Crippen LogP contribution in [0.25, 0.3) is 21.5 Å². The average Bonchev–Trinajstić information content (AvgIpc) is 2.76. The van der Waals surface area contributed by atoms with Crippen molar-refractivity contribution in [3.63, 3.8) is 0 Å². The summed E-state index contributed by atoms with van der Waals surface area (Å²) in [5.74, 6) is -0.658. The summed E-state index contributed by atoms with van der Waals surface area (Å²) in [5, 5.41) is 2.04. The minimum absolute atomic E-state index is 0.0358. The van der Waals surface area contributed by atoms with E-state index in [1.165, 1.54) is 6.07 Å². The van der Waals surface area contributed by atoms with Crippen molar-refractivity contribution in [2.75, 3.05) is 13.2 Å². The van der Waals surface area contributed by atoms with Gasteiger partial charge in [-0.3, -0.25) is 0 Å². The molecule has 3 aromatic rings.